The molecule has 0 saturated carbocycles. The van der Waals surface area contributed by atoms with Crippen molar-refractivity contribution in [1.29, 1.82) is 0 Å². The minimum Gasteiger partial charge on any atom is -0.389 e. The molecule has 1 heterocycles. The molecule has 0 aliphatic heterocycles. The molecule has 1 aromatic heterocycles. The second-order valence-corrected chi connectivity index (χ2v) is 3.21. The van der Waals surface area contributed by atoms with Crippen molar-refractivity contribution in [1.82, 2.24) is 4.37 Å². The highest BCUT2D eigenvalue weighted by Crippen LogP contribution is 2.19. The van der Waals surface area contributed by atoms with E-state index in [1.807, 2.05) is 0 Å². The molecule has 0 bridgehead atoms. The normalized spacial score (nSPS) is 9.70. The van der Waals surface area contributed by atoms with Crippen LogP contribution in [0.1, 0.15) is 10.4 Å². The molecule has 0 radical (unpaired) electrons. The molecule has 5 heteroatoms. The fourth-order valence-electron chi connectivity index (χ4n) is 0.512. The Balaban J connectivity index is 2.93. The SMILES string of the molecule is CSC(=O)c1cnsc1N. The zero-order valence-corrected chi connectivity index (χ0v) is 6.96. The van der Waals surface area contributed by atoms with E-state index in [2.05, 4.69) is 4.37 Å². The molecule has 3 nitrogen and oxygen atoms in total. The molecule has 54 valence electrons. The number of anilines is 1. The van der Waals surface area contributed by atoms with E-state index in [1.54, 1.807) is 6.26 Å². The Bertz CT molecular complexity index is 246. The summed E-state index contributed by atoms with van der Waals surface area (Å²) in [6.07, 6.45) is 3.22. The number of rotatable bonds is 1. The maximum absolute atomic E-state index is 10.9. The standard InChI is InChI=1S/C5H6N2OS2/c1-9-5(8)3-2-7-10-4(3)6/h2H,6H2,1H3. The lowest BCUT2D eigenvalue weighted by Crippen LogP contribution is -1.93. The average Bonchev–Trinajstić information content (AvgIpc) is 2.34. The number of hydrogen-bond acceptors (Lipinski definition) is 5. The highest BCUT2D eigenvalue weighted by atomic mass is 32.2. The molecule has 0 aromatic carbocycles. The Kier molecular flexibility index (Phi) is 2.29. The van der Waals surface area contributed by atoms with Crippen LogP contribution in [0.15, 0.2) is 6.20 Å². The molecule has 0 fully saturated rings. The minimum atomic E-state index is -0.0220. The summed E-state index contributed by atoms with van der Waals surface area (Å²) in [5, 5.41) is 0.477. The van der Waals surface area contributed by atoms with Crippen molar-refractivity contribution in [2.75, 3.05) is 12.0 Å². The zero-order chi connectivity index (χ0) is 7.56. The second kappa shape index (κ2) is 3.03. The quantitative estimate of drug-likeness (QED) is 0.695. The van der Waals surface area contributed by atoms with E-state index in [-0.39, 0.29) is 5.12 Å². The molecule has 10 heavy (non-hydrogen) atoms. The fraction of sp³-hybridized carbons (Fsp3) is 0.200. The van der Waals surface area contributed by atoms with Gasteiger partial charge in [-0.2, -0.15) is 4.37 Å². The number of nitrogens with two attached hydrogens (primary N) is 1. The first-order valence-corrected chi connectivity index (χ1v) is 4.54. The zero-order valence-electron chi connectivity index (χ0n) is 5.33. The summed E-state index contributed by atoms with van der Waals surface area (Å²) in [7, 11) is 0. The maximum atomic E-state index is 10.9. The van der Waals surface area contributed by atoms with Crippen LogP contribution in [0.25, 0.3) is 0 Å². The highest BCUT2D eigenvalue weighted by Gasteiger charge is 2.09. The molecule has 0 aliphatic rings. The Morgan fingerprint density at radius 1 is 1.90 bits per heavy atom. The van der Waals surface area contributed by atoms with Crippen LogP contribution in [0.4, 0.5) is 5.00 Å². The first-order valence-electron chi connectivity index (χ1n) is 2.54. The summed E-state index contributed by atoms with van der Waals surface area (Å²) in [5.74, 6) is 0. The largest absolute Gasteiger partial charge is 0.389 e. The van der Waals surface area contributed by atoms with E-state index >= 15 is 0 Å². The van der Waals surface area contributed by atoms with Crippen LogP contribution >= 0.6 is 23.3 Å². The summed E-state index contributed by atoms with van der Waals surface area (Å²) in [4.78, 5) is 10.9. The Labute approximate surface area is 66.8 Å². The Hall–Kier alpha value is -0.550. The molecule has 1 aromatic rings. The summed E-state index contributed by atoms with van der Waals surface area (Å²) in [6, 6.07) is 0. The number of aromatic nitrogens is 1. The number of carbonyl (C=O) groups excluding carboxylic acids is 1. The van der Waals surface area contributed by atoms with E-state index in [1.165, 1.54) is 6.20 Å². The lowest BCUT2D eigenvalue weighted by molar-refractivity contribution is 0.109. The molecule has 0 unspecified atom stereocenters. The van der Waals surface area contributed by atoms with E-state index < -0.39 is 0 Å². The predicted molar refractivity (Wildman–Crippen MR) is 44.4 cm³/mol. The van der Waals surface area contributed by atoms with Gasteiger partial charge in [0.2, 0.25) is 5.12 Å². The van der Waals surface area contributed by atoms with Crippen molar-refractivity contribution in [3.05, 3.63) is 11.8 Å². The van der Waals surface area contributed by atoms with Crippen LogP contribution in [0, 0.1) is 0 Å². The number of carbonyl (C=O) groups is 1. The molecule has 0 saturated heterocycles. The van der Waals surface area contributed by atoms with Gasteiger partial charge in [0.1, 0.15) is 5.00 Å². The van der Waals surface area contributed by atoms with Gasteiger partial charge in [-0.1, -0.05) is 11.8 Å². The van der Waals surface area contributed by atoms with Gasteiger partial charge in [-0.15, -0.1) is 0 Å². The summed E-state index contributed by atoms with van der Waals surface area (Å²) in [6.45, 7) is 0. The molecule has 0 aliphatic carbocycles. The highest BCUT2D eigenvalue weighted by molar-refractivity contribution is 8.13. The Morgan fingerprint density at radius 3 is 3.00 bits per heavy atom. The van der Waals surface area contributed by atoms with Gasteiger partial charge in [0.25, 0.3) is 0 Å². The van der Waals surface area contributed by atoms with Gasteiger partial charge >= 0.3 is 0 Å². The van der Waals surface area contributed by atoms with E-state index in [4.69, 9.17) is 5.73 Å². The molecular weight excluding hydrogens is 168 g/mol. The molecule has 0 amide bonds. The van der Waals surface area contributed by atoms with Gasteiger partial charge in [-0.3, -0.25) is 4.79 Å². The first-order chi connectivity index (χ1) is 4.75. The summed E-state index contributed by atoms with van der Waals surface area (Å²) >= 11 is 2.29. The van der Waals surface area contributed by atoms with Crippen molar-refractivity contribution in [3.63, 3.8) is 0 Å². The molecule has 0 atom stereocenters. The number of nitrogens with zero attached hydrogens (tertiary/aromatic N) is 1. The van der Waals surface area contributed by atoms with E-state index in [0.717, 1.165) is 23.3 Å². The fourth-order valence-corrected chi connectivity index (χ4v) is 1.47. The van der Waals surface area contributed by atoms with Gasteiger partial charge in [-0.05, 0) is 17.8 Å². The van der Waals surface area contributed by atoms with Crippen molar-refractivity contribution in [3.8, 4) is 0 Å². The molecule has 1 rings (SSSR count). The van der Waals surface area contributed by atoms with Crippen LogP contribution in [0.3, 0.4) is 0 Å². The summed E-state index contributed by atoms with van der Waals surface area (Å²) in [5.41, 5.74) is 5.96. The van der Waals surface area contributed by atoms with Crippen LogP contribution in [-0.4, -0.2) is 15.7 Å². The van der Waals surface area contributed by atoms with Gasteiger partial charge in [0.15, 0.2) is 0 Å². The topological polar surface area (TPSA) is 56.0 Å². The number of nitrogen functional groups attached to an aromatic ring is 1. The third-order valence-corrected chi connectivity index (χ3v) is 2.22. The van der Waals surface area contributed by atoms with Gasteiger partial charge < -0.3 is 5.73 Å². The van der Waals surface area contributed by atoms with Gasteiger partial charge in [-0.25, -0.2) is 0 Å². The lowest BCUT2D eigenvalue weighted by atomic mass is 10.4. The molecule has 0 spiro atoms. The van der Waals surface area contributed by atoms with Crippen LogP contribution in [0.5, 0.6) is 0 Å². The first kappa shape index (κ1) is 7.56. The lowest BCUT2D eigenvalue weighted by Gasteiger charge is -1.90. The minimum absolute atomic E-state index is 0.0220. The predicted octanol–water partition coefficient (Wildman–Crippen LogP) is 1.23. The monoisotopic (exact) mass is 174 g/mol. The van der Waals surface area contributed by atoms with Gasteiger partial charge in [0.05, 0.1) is 11.8 Å². The maximum Gasteiger partial charge on any atom is 0.223 e. The van der Waals surface area contributed by atoms with Crippen LogP contribution in [0.2, 0.25) is 0 Å². The van der Waals surface area contributed by atoms with E-state index in [0.29, 0.717) is 10.6 Å². The van der Waals surface area contributed by atoms with Crippen molar-refractivity contribution >= 4 is 33.4 Å². The third kappa shape index (κ3) is 1.30. The van der Waals surface area contributed by atoms with Crippen LogP contribution in [-0.2, 0) is 0 Å². The van der Waals surface area contributed by atoms with Crippen molar-refractivity contribution in [2.45, 2.75) is 0 Å². The van der Waals surface area contributed by atoms with E-state index in [9.17, 15) is 4.79 Å². The van der Waals surface area contributed by atoms with Crippen LogP contribution < -0.4 is 5.73 Å². The second-order valence-electron chi connectivity index (χ2n) is 1.60. The van der Waals surface area contributed by atoms with Gasteiger partial charge in [0, 0.05) is 0 Å². The average molecular weight is 174 g/mol. The number of thioether (sulfide) groups is 1. The molecular formula is C5H6N2OS2. The van der Waals surface area contributed by atoms with Crippen molar-refractivity contribution in [2.24, 2.45) is 0 Å². The smallest absolute Gasteiger partial charge is 0.223 e. The number of hydrogen-bond donors (Lipinski definition) is 1. The summed E-state index contributed by atoms with van der Waals surface area (Å²) < 4.78 is 3.77. The Morgan fingerprint density at radius 2 is 2.60 bits per heavy atom. The van der Waals surface area contributed by atoms with Crippen molar-refractivity contribution < 1.29 is 4.79 Å². The third-order valence-electron chi connectivity index (χ3n) is 1.00. The molecule has 2 N–H and O–H groups in total.